The van der Waals surface area contributed by atoms with Gasteiger partial charge in [0.25, 0.3) is 5.91 Å². The summed E-state index contributed by atoms with van der Waals surface area (Å²) in [6.45, 7) is 0.151. The molecule has 0 aliphatic carbocycles. The fraction of sp³-hybridized carbons (Fsp3) is 0.118. The summed E-state index contributed by atoms with van der Waals surface area (Å²) in [6, 6.07) is 11.2. The van der Waals surface area contributed by atoms with Gasteiger partial charge in [-0.2, -0.15) is 5.10 Å². The molecule has 0 saturated carbocycles. The van der Waals surface area contributed by atoms with Crippen LogP contribution in [0.25, 0.3) is 0 Å². The van der Waals surface area contributed by atoms with Crippen molar-refractivity contribution in [2.75, 3.05) is 7.11 Å². The lowest BCUT2D eigenvalue weighted by atomic mass is 10.1. The van der Waals surface area contributed by atoms with Gasteiger partial charge in [0.15, 0.2) is 0 Å². The van der Waals surface area contributed by atoms with Gasteiger partial charge in [0.2, 0.25) is 0 Å². The number of nitrogens with zero attached hydrogens (tertiary/aromatic N) is 1. The van der Waals surface area contributed by atoms with Crippen molar-refractivity contribution in [3.8, 4) is 11.5 Å². The number of hydrogen-bond acceptors (Lipinski definition) is 5. The van der Waals surface area contributed by atoms with E-state index in [9.17, 15) is 9.59 Å². The molecule has 0 fully saturated rings. The Bertz CT molecular complexity index is 805. The van der Waals surface area contributed by atoms with Crippen molar-refractivity contribution < 1.29 is 19.1 Å². The maximum atomic E-state index is 11.4. The van der Waals surface area contributed by atoms with Gasteiger partial charge in [-0.1, -0.05) is 12.1 Å². The minimum atomic E-state index is -0.753. The molecule has 2 aromatic rings. The van der Waals surface area contributed by atoms with E-state index in [2.05, 4.69) is 10.5 Å². The molecule has 8 nitrogen and oxygen atoms in total. The van der Waals surface area contributed by atoms with E-state index in [-0.39, 0.29) is 6.61 Å². The van der Waals surface area contributed by atoms with Crippen LogP contribution in [0.2, 0.25) is 0 Å². The van der Waals surface area contributed by atoms with Gasteiger partial charge in [-0.25, -0.2) is 10.2 Å². The number of amides is 3. The van der Waals surface area contributed by atoms with E-state index in [0.717, 1.165) is 5.56 Å². The number of carbonyl (C=O) groups excluding carboxylic acids is 2. The third kappa shape index (κ3) is 4.96. The topological polar surface area (TPSA) is 129 Å². The Morgan fingerprint density at radius 2 is 1.92 bits per heavy atom. The fourth-order valence-corrected chi connectivity index (χ4v) is 2.11. The molecule has 25 heavy (non-hydrogen) atoms. The Hall–Kier alpha value is -3.55. The third-order valence-electron chi connectivity index (χ3n) is 3.23. The standard InChI is InChI=1S/C17H18N4O4/c1-24-14-7-6-11(9-20-21-17(19)23)8-12(14)10-25-15-5-3-2-4-13(15)16(18)22/h2-9H,10H2,1H3,(H2,18,22)(H3,19,21,23). The largest absolute Gasteiger partial charge is 0.496 e. The minimum absolute atomic E-state index is 0.151. The Kier molecular flexibility index (Phi) is 5.94. The van der Waals surface area contributed by atoms with Crippen LogP contribution in [-0.4, -0.2) is 25.3 Å². The summed E-state index contributed by atoms with van der Waals surface area (Å²) >= 11 is 0. The summed E-state index contributed by atoms with van der Waals surface area (Å²) in [6.07, 6.45) is 1.44. The number of nitrogens with two attached hydrogens (primary N) is 2. The highest BCUT2D eigenvalue weighted by Gasteiger charge is 2.10. The highest BCUT2D eigenvalue weighted by atomic mass is 16.5. The number of ether oxygens (including phenoxy) is 2. The van der Waals surface area contributed by atoms with Crippen LogP contribution < -0.4 is 26.4 Å². The quantitative estimate of drug-likeness (QED) is 0.518. The van der Waals surface area contributed by atoms with Crippen molar-refractivity contribution >= 4 is 18.2 Å². The number of nitrogens with one attached hydrogen (secondary N) is 1. The summed E-state index contributed by atoms with van der Waals surface area (Å²) in [5.41, 5.74) is 14.1. The molecular formula is C17H18N4O4. The van der Waals surface area contributed by atoms with Gasteiger partial charge >= 0.3 is 6.03 Å². The molecule has 5 N–H and O–H groups in total. The highest BCUT2D eigenvalue weighted by Crippen LogP contribution is 2.23. The molecule has 0 aliphatic heterocycles. The van der Waals surface area contributed by atoms with Crippen molar-refractivity contribution in [2.24, 2.45) is 16.6 Å². The average Bonchev–Trinajstić information content (AvgIpc) is 2.60. The molecule has 0 heterocycles. The molecule has 130 valence electrons. The zero-order chi connectivity index (χ0) is 18.2. The molecule has 0 aromatic heterocycles. The van der Waals surface area contributed by atoms with Gasteiger partial charge in [0.05, 0.1) is 18.9 Å². The lowest BCUT2D eigenvalue weighted by Gasteiger charge is -2.12. The predicted octanol–water partition coefficient (Wildman–Crippen LogP) is 1.38. The summed E-state index contributed by atoms with van der Waals surface area (Å²) < 4.78 is 11.0. The van der Waals surface area contributed by atoms with E-state index in [0.29, 0.717) is 22.6 Å². The van der Waals surface area contributed by atoms with E-state index in [1.54, 1.807) is 49.6 Å². The molecular weight excluding hydrogens is 324 g/mol. The summed E-state index contributed by atoms with van der Waals surface area (Å²) in [5.74, 6) is 0.420. The smallest absolute Gasteiger partial charge is 0.332 e. The van der Waals surface area contributed by atoms with Crippen LogP contribution in [0.5, 0.6) is 11.5 Å². The van der Waals surface area contributed by atoms with E-state index in [1.165, 1.54) is 6.21 Å². The second-order valence-electron chi connectivity index (χ2n) is 4.95. The summed E-state index contributed by atoms with van der Waals surface area (Å²) in [7, 11) is 1.54. The maximum Gasteiger partial charge on any atom is 0.332 e. The van der Waals surface area contributed by atoms with Gasteiger partial charge in [-0.05, 0) is 35.9 Å². The number of carbonyl (C=O) groups is 2. The zero-order valence-corrected chi connectivity index (χ0v) is 13.6. The third-order valence-corrected chi connectivity index (χ3v) is 3.23. The second-order valence-corrected chi connectivity index (χ2v) is 4.95. The van der Waals surface area contributed by atoms with Crippen LogP contribution in [0, 0.1) is 0 Å². The lowest BCUT2D eigenvalue weighted by Crippen LogP contribution is -2.24. The van der Waals surface area contributed by atoms with E-state index in [1.807, 2.05) is 0 Å². The molecule has 0 aliphatic rings. The first-order valence-corrected chi connectivity index (χ1v) is 7.28. The monoisotopic (exact) mass is 342 g/mol. The molecule has 0 unspecified atom stereocenters. The Morgan fingerprint density at radius 1 is 1.16 bits per heavy atom. The number of methoxy groups -OCH3 is 1. The van der Waals surface area contributed by atoms with Crippen molar-refractivity contribution in [2.45, 2.75) is 6.61 Å². The van der Waals surface area contributed by atoms with E-state index >= 15 is 0 Å². The molecule has 0 atom stereocenters. The number of benzene rings is 2. The van der Waals surface area contributed by atoms with Gasteiger partial charge in [-0.3, -0.25) is 4.79 Å². The Labute approximate surface area is 144 Å². The van der Waals surface area contributed by atoms with Crippen LogP contribution in [-0.2, 0) is 6.61 Å². The number of primary amides is 2. The molecule has 0 radical (unpaired) electrons. The molecule has 0 spiro atoms. The molecule has 2 rings (SSSR count). The number of urea groups is 1. The van der Waals surface area contributed by atoms with Crippen LogP contribution in [0.4, 0.5) is 4.79 Å². The Balaban J connectivity index is 2.19. The molecule has 8 heteroatoms. The van der Waals surface area contributed by atoms with Crippen molar-refractivity contribution in [1.29, 1.82) is 0 Å². The number of rotatable bonds is 7. The number of para-hydroxylation sites is 1. The minimum Gasteiger partial charge on any atom is -0.496 e. The lowest BCUT2D eigenvalue weighted by molar-refractivity contribution is 0.0996. The zero-order valence-electron chi connectivity index (χ0n) is 13.6. The highest BCUT2D eigenvalue weighted by molar-refractivity contribution is 5.95. The Morgan fingerprint density at radius 3 is 2.60 bits per heavy atom. The maximum absolute atomic E-state index is 11.4. The van der Waals surface area contributed by atoms with Crippen LogP contribution >= 0.6 is 0 Å². The first-order chi connectivity index (χ1) is 12.0. The van der Waals surface area contributed by atoms with Crippen LogP contribution in [0.15, 0.2) is 47.6 Å². The van der Waals surface area contributed by atoms with Gasteiger partial charge in [-0.15, -0.1) is 0 Å². The van der Waals surface area contributed by atoms with Gasteiger partial charge < -0.3 is 20.9 Å². The van der Waals surface area contributed by atoms with Gasteiger partial charge in [0.1, 0.15) is 18.1 Å². The van der Waals surface area contributed by atoms with Crippen LogP contribution in [0.3, 0.4) is 0 Å². The molecule has 2 aromatic carbocycles. The summed E-state index contributed by atoms with van der Waals surface area (Å²) in [5, 5.41) is 3.70. The van der Waals surface area contributed by atoms with Crippen molar-refractivity contribution in [3.63, 3.8) is 0 Å². The predicted molar refractivity (Wildman–Crippen MR) is 92.6 cm³/mol. The first kappa shape index (κ1) is 17.8. The average molecular weight is 342 g/mol. The second kappa shape index (κ2) is 8.34. The first-order valence-electron chi connectivity index (χ1n) is 7.28. The molecule has 0 bridgehead atoms. The fourth-order valence-electron chi connectivity index (χ4n) is 2.11. The van der Waals surface area contributed by atoms with Crippen molar-refractivity contribution in [1.82, 2.24) is 5.43 Å². The molecule has 3 amide bonds. The number of hydrazone groups is 1. The van der Waals surface area contributed by atoms with E-state index < -0.39 is 11.9 Å². The normalized spacial score (nSPS) is 10.4. The summed E-state index contributed by atoms with van der Waals surface area (Å²) in [4.78, 5) is 22.1. The van der Waals surface area contributed by atoms with E-state index in [4.69, 9.17) is 20.9 Å². The number of hydrogen-bond donors (Lipinski definition) is 3. The molecule has 0 saturated heterocycles. The van der Waals surface area contributed by atoms with Crippen LogP contribution in [0.1, 0.15) is 21.5 Å². The van der Waals surface area contributed by atoms with Gasteiger partial charge in [0, 0.05) is 5.56 Å². The van der Waals surface area contributed by atoms with Crippen molar-refractivity contribution in [3.05, 3.63) is 59.2 Å². The SMILES string of the molecule is COc1ccc(C=NNC(N)=O)cc1COc1ccccc1C(N)=O.